The molecule has 5 nitrogen and oxygen atoms in total. The Balaban J connectivity index is 1.16. The normalized spacial score (nSPS) is 13.8. The second-order valence-electron chi connectivity index (χ2n) is 11.4. The van der Waals surface area contributed by atoms with Crippen LogP contribution in [0.5, 0.6) is 0 Å². The summed E-state index contributed by atoms with van der Waals surface area (Å²) < 4.78 is 16.8. The number of hydrogen-bond donors (Lipinski definition) is 1. The number of carbonyl (C=O) groups is 2. The summed E-state index contributed by atoms with van der Waals surface area (Å²) in [7, 11) is 1.92. The summed E-state index contributed by atoms with van der Waals surface area (Å²) >= 11 is 0. The van der Waals surface area contributed by atoms with Crippen LogP contribution in [0.1, 0.15) is 62.9 Å². The molecule has 2 heterocycles. The second-order valence-corrected chi connectivity index (χ2v) is 11.4. The molecule has 0 saturated carbocycles. The zero-order valence-electron chi connectivity index (χ0n) is 24.3. The zero-order chi connectivity index (χ0) is 29.1. The average molecular weight is 552 g/mol. The maximum atomic E-state index is 14.9. The molecule has 3 aromatic carbocycles. The largest absolute Gasteiger partial charge is 0.372 e. The van der Waals surface area contributed by atoms with Crippen molar-refractivity contribution >= 4 is 28.6 Å². The number of aryl methyl sites for hydroxylation is 1. The number of aromatic nitrogens is 1. The van der Waals surface area contributed by atoms with Crippen molar-refractivity contribution in [2.45, 2.75) is 46.5 Å². The molecule has 4 aromatic rings. The molecular weight excluding hydrogens is 513 g/mol. The smallest absolute Gasteiger partial charge is 0.169 e. The van der Waals surface area contributed by atoms with E-state index in [-0.39, 0.29) is 18.0 Å². The molecule has 1 fully saturated rings. The van der Waals surface area contributed by atoms with E-state index in [0.717, 1.165) is 41.5 Å². The first-order valence-electron chi connectivity index (χ1n) is 14.4. The third-order valence-electron chi connectivity index (χ3n) is 8.43. The molecule has 212 valence electrons. The van der Waals surface area contributed by atoms with E-state index >= 15 is 0 Å². The van der Waals surface area contributed by atoms with E-state index < -0.39 is 5.82 Å². The Kier molecular flexibility index (Phi) is 8.39. The number of rotatable bonds is 9. The minimum atomic E-state index is -0.418. The van der Waals surface area contributed by atoms with Crippen molar-refractivity contribution in [2.75, 3.05) is 23.3 Å². The third kappa shape index (κ3) is 6.59. The summed E-state index contributed by atoms with van der Waals surface area (Å²) in [6.07, 6.45) is 4.70. The molecule has 0 amide bonds. The highest BCUT2D eigenvalue weighted by Gasteiger charge is 2.17. The fraction of sp³-hybridized carbons (Fsp3) is 0.314. The predicted octanol–water partition coefficient (Wildman–Crippen LogP) is 7.61. The van der Waals surface area contributed by atoms with Gasteiger partial charge in [-0.1, -0.05) is 25.1 Å². The van der Waals surface area contributed by atoms with E-state index in [1.807, 2.05) is 68.1 Å². The number of hydrogen-bond acceptors (Lipinski definition) is 4. The van der Waals surface area contributed by atoms with Crippen molar-refractivity contribution in [3.05, 3.63) is 112 Å². The lowest BCUT2D eigenvalue weighted by Gasteiger charge is -2.32. The third-order valence-corrected chi connectivity index (χ3v) is 8.43. The number of benzene rings is 3. The number of carbonyl (C=O) groups excluding carboxylic acids is 2. The number of ketones is 2. The van der Waals surface area contributed by atoms with Crippen LogP contribution >= 0.6 is 0 Å². The lowest BCUT2D eigenvalue weighted by molar-refractivity contribution is 0.0984. The summed E-state index contributed by atoms with van der Waals surface area (Å²) in [4.78, 5) is 28.1. The van der Waals surface area contributed by atoms with Gasteiger partial charge in [0, 0.05) is 67.4 Å². The van der Waals surface area contributed by atoms with Crippen molar-refractivity contribution in [1.82, 2.24) is 4.57 Å². The molecule has 6 heteroatoms. The number of halogens is 1. The molecule has 1 aliphatic heterocycles. The second kappa shape index (κ2) is 12.1. The van der Waals surface area contributed by atoms with Crippen LogP contribution in [0.15, 0.2) is 72.9 Å². The maximum absolute atomic E-state index is 14.9. The highest BCUT2D eigenvalue weighted by Crippen LogP contribution is 2.25. The standard InChI is InChI=1S/C35H38FN3O2/c1-23-15-17-39(18-16-23)30-12-8-28(9-13-30)34(40)20-26-5-10-29(11-6-26)37-33-14-7-27(19-32(33)36)21-35(41)31-22-38(4)25(3)24(31)2/h5-14,19,22-23,37H,15-18,20-21H2,1-4H3. The van der Waals surface area contributed by atoms with Gasteiger partial charge < -0.3 is 14.8 Å². The molecule has 1 N–H and O–H groups in total. The molecule has 41 heavy (non-hydrogen) atoms. The van der Waals surface area contributed by atoms with Crippen LogP contribution in [0.2, 0.25) is 0 Å². The topological polar surface area (TPSA) is 54.3 Å². The predicted molar refractivity (Wildman–Crippen MR) is 164 cm³/mol. The fourth-order valence-corrected chi connectivity index (χ4v) is 5.45. The number of nitrogens with one attached hydrogen (secondary N) is 1. The Morgan fingerprint density at radius 1 is 0.878 bits per heavy atom. The number of piperidine rings is 1. The highest BCUT2D eigenvalue weighted by atomic mass is 19.1. The maximum Gasteiger partial charge on any atom is 0.169 e. The SMILES string of the molecule is Cc1c(C(=O)Cc2ccc(Nc3ccc(CC(=O)c4ccc(N5CCC(C)CC5)cc4)cc3)c(F)c2)cn(C)c1C. The summed E-state index contributed by atoms with van der Waals surface area (Å²) in [5.41, 5.74) is 7.15. The lowest BCUT2D eigenvalue weighted by atomic mass is 9.98. The first-order valence-corrected chi connectivity index (χ1v) is 14.4. The van der Waals surface area contributed by atoms with E-state index in [2.05, 4.69) is 29.3 Å². The molecule has 0 atom stereocenters. The Hall–Kier alpha value is -4.19. The van der Waals surface area contributed by atoms with Crippen LogP contribution in [0.25, 0.3) is 0 Å². The van der Waals surface area contributed by atoms with E-state index in [4.69, 9.17) is 0 Å². The molecule has 0 radical (unpaired) electrons. The van der Waals surface area contributed by atoms with Gasteiger partial charge in [0.1, 0.15) is 5.82 Å². The minimum Gasteiger partial charge on any atom is -0.372 e. The Morgan fingerprint density at radius 3 is 2.12 bits per heavy atom. The van der Waals surface area contributed by atoms with Crippen molar-refractivity contribution in [1.29, 1.82) is 0 Å². The van der Waals surface area contributed by atoms with Gasteiger partial charge in [0.2, 0.25) is 0 Å². The summed E-state index contributed by atoms with van der Waals surface area (Å²) in [5.74, 6) is 0.410. The molecule has 1 aromatic heterocycles. The van der Waals surface area contributed by atoms with Crippen molar-refractivity contribution < 1.29 is 14.0 Å². The van der Waals surface area contributed by atoms with E-state index in [0.29, 0.717) is 28.8 Å². The molecule has 0 spiro atoms. The fourth-order valence-electron chi connectivity index (χ4n) is 5.45. The molecule has 5 rings (SSSR count). The molecule has 0 unspecified atom stereocenters. The Bertz CT molecular complexity index is 1550. The van der Waals surface area contributed by atoms with Crippen LogP contribution in [-0.4, -0.2) is 29.2 Å². The van der Waals surface area contributed by atoms with Gasteiger partial charge in [-0.3, -0.25) is 9.59 Å². The van der Waals surface area contributed by atoms with Gasteiger partial charge in [0.05, 0.1) is 5.69 Å². The van der Waals surface area contributed by atoms with Gasteiger partial charge >= 0.3 is 0 Å². The molecule has 1 saturated heterocycles. The van der Waals surface area contributed by atoms with Crippen molar-refractivity contribution in [3.63, 3.8) is 0 Å². The molecule has 0 bridgehead atoms. The van der Waals surface area contributed by atoms with E-state index in [1.54, 1.807) is 12.1 Å². The van der Waals surface area contributed by atoms with Crippen molar-refractivity contribution in [3.8, 4) is 0 Å². The van der Waals surface area contributed by atoms with Gasteiger partial charge in [0.25, 0.3) is 0 Å². The highest BCUT2D eigenvalue weighted by molar-refractivity contribution is 5.99. The quantitative estimate of drug-likeness (QED) is 0.218. The number of nitrogens with zero attached hydrogens (tertiary/aromatic N) is 2. The van der Waals surface area contributed by atoms with Gasteiger partial charge in [-0.25, -0.2) is 4.39 Å². The molecule has 1 aliphatic rings. The summed E-state index contributed by atoms with van der Waals surface area (Å²) in [5, 5.41) is 3.10. The summed E-state index contributed by atoms with van der Waals surface area (Å²) in [6.45, 7) is 8.35. The Labute approximate surface area is 242 Å². The van der Waals surface area contributed by atoms with Gasteiger partial charge in [-0.2, -0.15) is 0 Å². The van der Waals surface area contributed by atoms with Crippen LogP contribution in [0, 0.1) is 25.6 Å². The van der Waals surface area contributed by atoms with Gasteiger partial charge in [0.15, 0.2) is 11.6 Å². The van der Waals surface area contributed by atoms with Crippen LogP contribution < -0.4 is 10.2 Å². The number of anilines is 3. The van der Waals surface area contributed by atoms with Gasteiger partial charge in [-0.15, -0.1) is 0 Å². The van der Waals surface area contributed by atoms with Crippen LogP contribution in [0.4, 0.5) is 21.5 Å². The first kappa shape index (κ1) is 28.3. The number of Topliss-reactive ketones (excluding diaryl/α,β-unsaturated/α-hetero) is 2. The lowest BCUT2D eigenvalue weighted by Crippen LogP contribution is -2.32. The van der Waals surface area contributed by atoms with Gasteiger partial charge in [-0.05, 0) is 97.8 Å². The van der Waals surface area contributed by atoms with E-state index in [9.17, 15) is 14.0 Å². The average Bonchev–Trinajstić information content (AvgIpc) is 3.23. The van der Waals surface area contributed by atoms with Crippen LogP contribution in [-0.2, 0) is 19.9 Å². The van der Waals surface area contributed by atoms with Crippen molar-refractivity contribution in [2.24, 2.45) is 13.0 Å². The van der Waals surface area contributed by atoms with Crippen LogP contribution in [0.3, 0.4) is 0 Å². The molecule has 0 aliphatic carbocycles. The monoisotopic (exact) mass is 551 g/mol. The first-order chi connectivity index (χ1) is 19.7. The molecular formula is C35H38FN3O2. The minimum absolute atomic E-state index is 0.0240. The zero-order valence-corrected chi connectivity index (χ0v) is 24.3. The van der Waals surface area contributed by atoms with E-state index in [1.165, 1.54) is 24.6 Å². The Morgan fingerprint density at radius 2 is 1.51 bits per heavy atom. The summed E-state index contributed by atoms with van der Waals surface area (Å²) in [6, 6.07) is 20.3.